The van der Waals surface area contributed by atoms with Crippen molar-refractivity contribution >= 4 is 11.6 Å². The molecule has 1 atom stereocenters. The van der Waals surface area contributed by atoms with Crippen molar-refractivity contribution in [1.82, 2.24) is 9.80 Å². The molecule has 4 aromatic rings. The second kappa shape index (κ2) is 13.3. The van der Waals surface area contributed by atoms with Crippen LogP contribution in [0.1, 0.15) is 27.5 Å². The Balaban J connectivity index is 1.14. The summed E-state index contributed by atoms with van der Waals surface area (Å²) in [6.45, 7) is 3.99. The number of ether oxygens (including phenoxy) is 1. The second-order valence-electron chi connectivity index (χ2n) is 9.98. The molecular formula is C33H34FN3O3. The molecule has 1 saturated heterocycles. The molecule has 40 heavy (non-hydrogen) atoms. The standard InChI is InChI=1S/C33H34FN3O3/c34-27-15-17-28(18-16-27)35-33(39)30-13-7-8-14-31(30)40-24-29(38)23-36-19-21-37(22-20-36)32(25-9-3-1-4-10-25)26-11-5-2-6-12-26/h1-18,29,32,38H,19-24H2,(H,35,39). The maximum atomic E-state index is 13.2. The highest BCUT2D eigenvalue weighted by Gasteiger charge is 2.27. The highest BCUT2D eigenvalue weighted by atomic mass is 19.1. The number of hydrogen-bond acceptors (Lipinski definition) is 5. The van der Waals surface area contributed by atoms with E-state index in [-0.39, 0.29) is 24.4 Å². The lowest BCUT2D eigenvalue weighted by atomic mass is 9.96. The van der Waals surface area contributed by atoms with E-state index in [2.05, 4.69) is 63.6 Å². The lowest BCUT2D eigenvalue weighted by molar-refractivity contribution is 0.0398. The molecule has 7 heteroatoms. The minimum absolute atomic E-state index is 0.0672. The molecule has 1 heterocycles. The zero-order chi connectivity index (χ0) is 27.7. The molecule has 206 valence electrons. The van der Waals surface area contributed by atoms with Gasteiger partial charge in [-0.25, -0.2) is 4.39 Å². The third-order valence-corrected chi connectivity index (χ3v) is 7.14. The highest BCUT2D eigenvalue weighted by molar-refractivity contribution is 6.06. The summed E-state index contributed by atoms with van der Waals surface area (Å²) >= 11 is 0. The van der Waals surface area contributed by atoms with Crippen molar-refractivity contribution in [3.63, 3.8) is 0 Å². The van der Waals surface area contributed by atoms with E-state index < -0.39 is 6.10 Å². The maximum Gasteiger partial charge on any atom is 0.259 e. The Morgan fingerprint density at radius 3 is 2.00 bits per heavy atom. The maximum absolute atomic E-state index is 13.2. The van der Waals surface area contributed by atoms with E-state index in [1.54, 1.807) is 24.3 Å². The topological polar surface area (TPSA) is 65.0 Å². The number of aliphatic hydroxyl groups is 1. The Morgan fingerprint density at radius 1 is 0.800 bits per heavy atom. The summed E-state index contributed by atoms with van der Waals surface area (Å²) in [6.07, 6.45) is -0.709. The molecule has 1 aliphatic rings. The number of carbonyl (C=O) groups is 1. The first-order valence-corrected chi connectivity index (χ1v) is 13.6. The summed E-state index contributed by atoms with van der Waals surface area (Å²) in [7, 11) is 0. The van der Waals surface area contributed by atoms with Gasteiger partial charge in [-0.05, 0) is 47.5 Å². The van der Waals surface area contributed by atoms with Gasteiger partial charge in [-0.15, -0.1) is 0 Å². The number of rotatable bonds is 10. The van der Waals surface area contributed by atoms with Crippen LogP contribution < -0.4 is 10.1 Å². The van der Waals surface area contributed by atoms with Crippen molar-refractivity contribution in [2.45, 2.75) is 12.1 Å². The van der Waals surface area contributed by atoms with Crippen molar-refractivity contribution in [3.8, 4) is 5.75 Å². The molecule has 0 aliphatic carbocycles. The lowest BCUT2D eigenvalue weighted by Gasteiger charge is -2.40. The molecule has 2 N–H and O–H groups in total. The fourth-order valence-corrected chi connectivity index (χ4v) is 5.14. The van der Waals surface area contributed by atoms with Gasteiger partial charge in [0, 0.05) is 38.4 Å². The van der Waals surface area contributed by atoms with Crippen LogP contribution in [0.25, 0.3) is 0 Å². The number of benzene rings is 4. The first-order chi connectivity index (χ1) is 19.6. The van der Waals surface area contributed by atoms with E-state index in [1.807, 2.05) is 12.1 Å². The number of piperazine rings is 1. The fourth-order valence-electron chi connectivity index (χ4n) is 5.14. The quantitative estimate of drug-likeness (QED) is 0.289. The van der Waals surface area contributed by atoms with Gasteiger partial charge in [0.2, 0.25) is 0 Å². The van der Waals surface area contributed by atoms with Crippen LogP contribution in [0.3, 0.4) is 0 Å². The Bertz CT molecular complexity index is 1320. The molecule has 4 aromatic carbocycles. The smallest absolute Gasteiger partial charge is 0.259 e. The van der Waals surface area contributed by atoms with Gasteiger partial charge < -0.3 is 15.2 Å². The van der Waals surface area contributed by atoms with Crippen LogP contribution in [0.15, 0.2) is 109 Å². The van der Waals surface area contributed by atoms with Gasteiger partial charge in [0.05, 0.1) is 11.6 Å². The van der Waals surface area contributed by atoms with Gasteiger partial charge in [0.25, 0.3) is 5.91 Å². The van der Waals surface area contributed by atoms with Crippen molar-refractivity contribution in [1.29, 1.82) is 0 Å². The zero-order valence-electron chi connectivity index (χ0n) is 22.3. The van der Waals surface area contributed by atoms with Gasteiger partial charge in [-0.1, -0.05) is 72.8 Å². The van der Waals surface area contributed by atoms with Gasteiger partial charge in [-0.3, -0.25) is 14.6 Å². The van der Waals surface area contributed by atoms with E-state index in [4.69, 9.17) is 4.74 Å². The van der Waals surface area contributed by atoms with Crippen LogP contribution in [0.4, 0.5) is 10.1 Å². The summed E-state index contributed by atoms with van der Waals surface area (Å²) in [5.41, 5.74) is 3.39. The predicted molar refractivity (Wildman–Crippen MR) is 155 cm³/mol. The van der Waals surface area contributed by atoms with Crippen LogP contribution in [0.5, 0.6) is 5.75 Å². The summed E-state index contributed by atoms with van der Waals surface area (Å²) in [6, 6.07) is 33.8. The van der Waals surface area contributed by atoms with E-state index in [9.17, 15) is 14.3 Å². The van der Waals surface area contributed by atoms with Crippen molar-refractivity contribution < 1.29 is 19.0 Å². The number of β-amino-alcohol motifs (C(OH)–C–C–N with tert-alkyl or cyclic N) is 1. The SMILES string of the molecule is O=C(Nc1ccc(F)cc1)c1ccccc1OCC(O)CN1CCN(C(c2ccccc2)c2ccccc2)CC1. The molecule has 6 nitrogen and oxygen atoms in total. The van der Waals surface area contributed by atoms with Crippen LogP contribution in [-0.4, -0.2) is 66.2 Å². The number of amides is 1. The van der Waals surface area contributed by atoms with Crippen LogP contribution >= 0.6 is 0 Å². The summed E-state index contributed by atoms with van der Waals surface area (Å²) in [5, 5.41) is 13.5. The highest BCUT2D eigenvalue weighted by Crippen LogP contribution is 2.29. The number of anilines is 1. The minimum Gasteiger partial charge on any atom is -0.490 e. The molecule has 1 aliphatic heterocycles. The number of carbonyl (C=O) groups excluding carboxylic acids is 1. The van der Waals surface area contributed by atoms with E-state index in [1.165, 1.54) is 35.4 Å². The molecule has 5 rings (SSSR count). The number of nitrogens with one attached hydrogen (secondary N) is 1. The average Bonchev–Trinajstić information content (AvgIpc) is 2.99. The number of hydrogen-bond donors (Lipinski definition) is 2. The fraction of sp³-hybridized carbons (Fsp3) is 0.242. The molecular weight excluding hydrogens is 505 g/mol. The molecule has 1 amide bonds. The van der Waals surface area contributed by atoms with Crippen LogP contribution in [0, 0.1) is 5.82 Å². The minimum atomic E-state index is -0.709. The van der Waals surface area contributed by atoms with E-state index in [0.717, 1.165) is 26.2 Å². The molecule has 1 fully saturated rings. The number of halogens is 1. The molecule has 0 radical (unpaired) electrons. The average molecular weight is 540 g/mol. The van der Waals surface area contributed by atoms with Gasteiger partial charge in [0.15, 0.2) is 0 Å². The Hall–Kier alpha value is -4.04. The van der Waals surface area contributed by atoms with Gasteiger partial charge in [0.1, 0.15) is 24.3 Å². The predicted octanol–water partition coefficient (Wildman–Crippen LogP) is 5.22. The second-order valence-corrected chi connectivity index (χ2v) is 9.98. The van der Waals surface area contributed by atoms with Crippen molar-refractivity contribution in [2.75, 3.05) is 44.6 Å². The third kappa shape index (κ3) is 7.12. The normalized spacial score (nSPS) is 15.1. The van der Waals surface area contributed by atoms with E-state index in [0.29, 0.717) is 23.5 Å². The van der Waals surface area contributed by atoms with Crippen molar-refractivity contribution in [3.05, 3.63) is 132 Å². The number of para-hydroxylation sites is 1. The summed E-state index contributed by atoms with van der Waals surface area (Å²) in [4.78, 5) is 17.6. The van der Waals surface area contributed by atoms with Crippen molar-refractivity contribution in [2.24, 2.45) is 0 Å². The van der Waals surface area contributed by atoms with E-state index >= 15 is 0 Å². The first kappa shape index (κ1) is 27.5. The molecule has 0 bridgehead atoms. The summed E-state index contributed by atoms with van der Waals surface area (Å²) < 4.78 is 19.1. The zero-order valence-corrected chi connectivity index (χ0v) is 22.3. The molecule has 0 spiro atoms. The van der Waals surface area contributed by atoms with Gasteiger partial charge >= 0.3 is 0 Å². The first-order valence-electron chi connectivity index (χ1n) is 13.6. The summed E-state index contributed by atoms with van der Waals surface area (Å²) in [5.74, 6) is -0.344. The Kier molecular flexibility index (Phi) is 9.18. The monoisotopic (exact) mass is 539 g/mol. The third-order valence-electron chi connectivity index (χ3n) is 7.14. The Labute approximate surface area is 234 Å². The molecule has 0 saturated carbocycles. The largest absolute Gasteiger partial charge is 0.490 e. The number of aliphatic hydroxyl groups excluding tert-OH is 1. The lowest BCUT2D eigenvalue weighted by Crippen LogP contribution is -2.50. The van der Waals surface area contributed by atoms with Gasteiger partial charge in [-0.2, -0.15) is 0 Å². The Morgan fingerprint density at radius 2 is 1.38 bits per heavy atom. The van der Waals surface area contributed by atoms with Crippen LogP contribution in [-0.2, 0) is 0 Å². The molecule has 0 aromatic heterocycles. The molecule has 1 unspecified atom stereocenters. The van der Waals surface area contributed by atoms with Crippen LogP contribution in [0.2, 0.25) is 0 Å². The number of nitrogens with zero attached hydrogens (tertiary/aromatic N) is 2.